The molecule has 0 amide bonds. The van der Waals surface area contributed by atoms with Crippen molar-refractivity contribution in [3.63, 3.8) is 0 Å². The van der Waals surface area contributed by atoms with Gasteiger partial charge in [0.2, 0.25) is 0 Å². The van der Waals surface area contributed by atoms with Crippen LogP contribution in [0.5, 0.6) is 11.5 Å². The molecule has 4 rings (SSSR count). The summed E-state index contributed by atoms with van der Waals surface area (Å²) in [6.07, 6.45) is 4.44. The van der Waals surface area contributed by atoms with Crippen LogP contribution in [0.15, 0.2) is 0 Å². The zero-order chi connectivity index (χ0) is 14.9. The number of fused-ring (bicyclic) bond motifs is 7. The Balaban J connectivity index is 2.03. The van der Waals surface area contributed by atoms with E-state index in [9.17, 15) is 15.2 Å². The third-order valence-electron chi connectivity index (χ3n) is 5.36. The molecule has 1 aromatic rings. The van der Waals surface area contributed by atoms with Gasteiger partial charge in [-0.25, -0.2) is 0 Å². The van der Waals surface area contributed by atoms with Crippen LogP contribution in [0, 0.1) is 10.1 Å². The molecule has 2 bridgehead atoms. The standard InChI is InChI=1S/C16H19NO4/c1-16(2)6-5-10-13(17(19)20)14(18)11-8-3-4-9(7-8)12(11)15(10)21-16/h8-9,18H,3-7H2,1-2H3. The van der Waals surface area contributed by atoms with Crippen molar-refractivity contribution in [2.75, 3.05) is 0 Å². The molecule has 1 fully saturated rings. The summed E-state index contributed by atoms with van der Waals surface area (Å²) in [6, 6.07) is 0. The maximum atomic E-state index is 11.5. The Bertz CT molecular complexity index is 665. The second-order valence-electron chi connectivity index (χ2n) is 7.16. The molecule has 2 unspecified atom stereocenters. The molecule has 3 aliphatic rings. The van der Waals surface area contributed by atoms with E-state index in [2.05, 4.69) is 0 Å². The maximum Gasteiger partial charge on any atom is 0.317 e. The summed E-state index contributed by atoms with van der Waals surface area (Å²) in [5.74, 6) is 1.28. The molecule has 5 heteroatoms. The largest absolute Gasteiger partial charge is 0.502 e. The van der Waals surface area contributed by atoms with E-state index in [0.29, 0.717) is 23.7 Å². The van der Waals surface area contributed by atoms with Gasteiger partial charge in [-0.1, -0.05) is 0 Å². The van der Waals surface area contributed by atoms with E-state index < -0.39 is 4.92 Å². The Kier molecular flexibility index (Phi) is 2.40. The van der Waals surface area contributed by atoms with E-state index >= 15 is 0 Å². The quantitative estimate of drug-likeness (QED) is 0.631. The normalized spacial score (nSPS) is 27.9. The predicted molar refractivity (Wildman–Crippen MR) is 77.1 cm³/mol. The number of nitrogens with zero attached hydrogens (tertiary/aromatic N) is 1. The van der Waals surface area contributed by atoms with Gasteiger partial charge in [-0.15, -0.1) is 0 Å². The minimum absolute atomic E-state index is 0.0933. The van der Waals surface area contributed by atoms with Gasteiger partial charge in [-0.05, 0) is 57.8 Å². The number of phenolic OH excluding ortho intramolecular Hbond substituents is 1. The number of ether oxygens (including phenoxy) is 1. The van der Waals surface area contributed by atoms with Crippen LogP contribution >= 0.6 is 0 Å². The Hall–Kier alpha value is -1.78. The van der Waals surface area contributed by atoms with Crippen molar-refractivity contribution in [3.05, 3.63) is 26.8 Å². The van der Waals surface area contributed by atoms with Crippen LogP contribution < -0.4 is 4.74 Å². The van der Waals surface area contributed by atoms with E-state index in [0.717, 1.165) is 36.8 Å². The fourth-order valence-corrected chi connectivity index (χ4v) is 4.41. The lowest BCUT2D eigenvalue weighted by atomic mass is 9.83. The molecule has 1 heterocycles. The number of benzene rings is 1. The van der Waals surface area contributed by atoms with Gasteiger partial charge in [0, 0.05) is 11.1 Å². The van der Waals surface area contributed by atoms with Gasteiger partial charge in [0.1, 0.15) is 11.4 Å². The monoisotopic (exact) mass is 289 g/mol. The number of nitro groups is 1. The fraction of sp³-hybridized carbons (Fsp3) is 0.625. The molecule has 1 aliphatic heterocycles. The summed E-state index contributed by atoms with van der Waals surface area (Å²) < 4.78 is 6.15. The van der Waals surface area contributed by atoms with Crippen LogP contribution in [0.2, 0.25) is 0 Å². The number of hydrogen-bond acceptors (Lipinski definition) is 4. The summed E-state index contributed by atoms with van der Waals surface area (Å²) in [5.41, 5.74) is 2.05. The first-order chi connectivity index (χ1) is 9.89. The molecule has 2 aliphatic carbocycles. The highest BCUT2D eigenvalue weighted by atomic mass is 16.6. The minimum Gasteiger partial charge on any atom is -0.502 e. The molecule has 0 spiro atoms. The Morgan fingerprint density at radius 1 is 1.29 bits per heavy atom. The lowest BCUT2D eigenvalue weighted by molar-refractivity contribution is -0.386. The van der Waals surface area contributed by atoms with Crippen LogP contribution in [0.25, 0.3) is 0 Å². The molecular formula is C16H19NO4. The van der Waals surface area contributed by atoms with E-state index in [4.69, 9.17) is 4.74 Å². The second-order valence-corrected chi connectivity index (χ2v) is 7.16. The van der Waals surface area contributed by atoms with Crippen molar-refractivity contribution in [1.29, 1.82) is 0 Å². The first-order valence-electron chi connectivity index (χ1n) is 7.64. The molecule has 112 valence electrons. The summed E-state index contributed by atoms with van der Waals surface area (Å²) in [4.78, 5) is 11.0. The number of aromatic hydroxyl groups is 1. The topological polar surface area (TPSA) is 72.6 Å². The molecule has 0 aromatic heterocycles. The van der Waals surface area contributed by atoms with Crippen molar-refractivity contribution in [1.82, 2.24) is 0 Å². The molecule has 0 radical (unpaired) electrons. The van der Waals surface area contributed by atoms with Crippen molar-refractivity contribution in [2.24, 2.45) is 0 Å². The molecule has 21 heavy (non-hydrogen) atoms. The van der Waals surface area contributed by atoms with Gasteiger partial charge in [0.25, 0.3) is 0 Å². The van der Waals surface area contributed by atoms with Gasteiger partial charge in [-0.2, -0.15) is 0 Å². The van der Waals surface area contributed by atoms with Crippen LogP contribution in [0.4, 0.5) is 5.69 Å². The first-order valence-corrected chi connectivity index (χ1v) is 7.64. The van der Waals surface area contributed by atoms with E-state index in [1.807, 2.05) is 13.8 Å². The van der Waals surface area contributed by atoms with Crippen LogP contribution in [-0.2, 0) is 6.42 Å². The molecular weight excluding hydrogens is 270 g/mol. The molecule has 1 aromatic carbocycles. The van der Waals surface area contributed by atoms with Crippen molar-refractivity contribution >= 4 is 5.69 Å². The predicted octanol–water partition coefficient (Wildman–Crippen LogP) is 3.77. The lowest BCUT2D eigenvalue weighted by Crippen LogP contribution is -2.33. The Morgan fingerprint density at radius 2 is 1.95 bits per heavy atom. The minimum atomic E-state index is -0.442. The van der Waals surface area contributed by atoms with Crippen LogP contribution in [-0.4, -0.2) is 15.6 Å². The third kappa shape index (κ3) is 1.63. The summed E-state index contributed by atoms with van der Waals surface area (Å²) in [6.45, 7) is 4.04. The SMILES string of the molecule is CC1(C)CCc2c(c3c(c(O)c2[N+](=O)[O-])C2CCC3C2)O1. The van der Waals surface area contributed by atoms with E-state index in [1.54, 1.807) is 0 Å². The van der Waals surface area contributed by atoms with Crippen molar-refractivity contribution < 1.29 is 14.8 Å². The highest BCUT2D eigenvalue weighted by molar-refractivity contribution is 5.70. The van der Waals surface area contributed by atoms with E-state index in [1.165, 1.54) is 0 Å². The third-order valence-corrected chi connectivity index (χ3v) is 5.36. The molecule has 1 saturated carbocycles. The number of nitro benzene ring substituents is 1. The van der Waals surface area contributed by atoms with Gasteiger partial charge in [0.15, 0.2) is 5.75 Å². The summed E-state index contributed by atoms with van der Waals surface area (Å²) in [5, 5.41) is 21.9. The molecule has 1 N–H and O–H groups in total. The Labute approximate surface area is 123 Å². The Morgan fingerprint density at radius 3 is 2.62 bits per heavy atom. The molecule has 2 atom stereocenters. The maximum absolute atomic E-state index is 11.5. The van der Waals surface area contributed by atoms with Crippen molar-refractivity contribution in [2.45, 2.75) is 63.4 Å². The zero-order valence-corrected chi connectivity index (χ0v) is 12.3. The fourth-order valence-electron chi connectivity index (χ4n) is 4.41. The zero-order valence-electron chi connectivity index (χ0n) is 12.3. The molecule has 0 saturated heterocycles. The summed E-state index contributed by atoms with van der Waals surface area (Å²) >= 11 is 0. The van der Waals surface area contributed by atoms with Gasteiger partial charge in [0.05, 0.1) is 10.5 Å². The average molecular weight is 289 g/mol. The van der Waals surface area contributed by atoms with Gasteiger partial charge in [-0.3, -0.25) is 10.1 Å². The average Bonchev–Trinajstić information content (AvgIpc) is 2.99. The van der Waals surface area contributed by atoms with Crippen LogP contribution in [0.1, 0.15) is 68.1 Å². The highest BCUT2D eigenvalue weighted by Gasteiger charge is 2.47. The number of hydrogen-bond donors (Lipinski definition) is 1. The lowest BCUT2D eigenvalue weighted by Gasteiger charge is -2.35. The summed E-state index contributed by atoms with van der Waals surface area (Å²) in [7, 11) is 0. The second kappa shape index (κ2) is 3.90. The number of rotatable bonds is 1. The number of phenols is 1. The molecule has 5 nitrogen and oxygen atoms in total. The first kappa shape index (κ1) is 12.9. The van der Waals surface area contributed by atoms with Crippen LogP contribution in [0.3, 0.4) is 0 Å². The van der Waals surface area contributed by atoms with Gasteiger partial charge < -0.3 is 9.84 Å². The smallest absolute Gasteiger partial charge is 0.317 e. The highest BCUT2D eigenvalue weighted by Crippen LogP contribution is 2.62. The van der Waals surface area contributed by atoms with Crippen molar-refractivity contribution in [3.8, 4) is 11.5 Å². The van der Waals surface area contributed by atoms with Gasteiger partial charge >= 0.3 is 5.69 Å². The van der Waals surface area contributed by atoms with E-state index in [-0.39, 0.29) is 23.0 Å².